The average molecular weight is 357 g/mol. The number of hydrogen-bond donors (Lipinski definition) is 2. The van der Waals surface area contributed by atoms with Gasteiger partial charge in [-0.15, -0.1) is 0 Å². The molecule has 2 rings (SSSR count). The predicted molar refractivity (Wildman–Crippen MR) is 76.5 cm³/mol. The fraction of sp³-hybridized carbons (Fsp3) is 0.0714. The molecule has 2 aromatic rings. The van der Waals surface area contributed by atoms with Gasteiger partial charge in [0.05, 0.1) is 0 Å². The third kappa shape index (κ3) is 3.77. The van der Waals surface area contributed by atoms with Crippen molar-refractivity contribution in [2.75, 3.05) is 0 Å². The number of carbonyl (C=O) groups excluding carboxylic acids is 1. The highest BCUT2D eigenvalue weighted by Gasteiger charge is 2.08. The fourth-order valence-corrected chi connectivity index (χ4v) is 2.11. The standard InChI is InChI=1S/C14H11BrF2N2O2/c15-11-5-8(14(20)19-18)1-2-9(11)7-21-10-3-4-12(16)13(17)6-10/h1-6H,7,18H2,(H,19,20). The van der Waals surface area contributed by atoms with Crippen molar-refractivity contribution in [3.63, 3.8) is 0 Å². The Morgan fingerprint density at radius 2 is 1.95 bits per heavy atom. The van der Waals surface area contributed by atoms with Gasteiger partial charge in [0.2, 0.25) is 0 Å². The second kappa shape index (κ2) is 6.64. The highest BCUT2D eigenvalue weighted by molar-refractivity contribution is 9.10. The molecule has 0 spiro atoms. The average Bonchev–Trinajstić information content (AvgIpc) is 2.48. The first-order chi connectivity index (χ1) is 10.0. The summed E-state index contributed by atoms with van der Waals surface area (Å²) >= 11 is 3.31. The van der Waals surface area contributed by atoms with Crippen LogP contribution in [0, 0.1) is 11.6 Å². The maximum Gasteiger partial charge on any atom is 0.265 e. The van der Waals surface area contributed by atoms with Gasteiger partial charge in [-0.3, -0.25) is 10.2 Å². The van der Waals surface area contributed by atoms with E-state index in [2.05, 4.69) is 15.9 Å². The van der Waals surface area contributed by atoms with Crippen LogP contribution in [-0.2, 0) is 6.61 Å². The number of nitrogens with two attached hydrogens (primary N) is 1. The Morgan fingerprint density at radius 1 is 1.19 bits per heavy atom. The maximum atomic E-state index is 13.0. The van der Waals surface area contributed by atoms with Crippen molar-refractivity contribution in [1.29, 1.82) is 0 Å². The zero-order valence-corrected chi connectivity index (χ0v) is 12.3. The molecule has 110 valence electrons. The number of rotatable bonds is 4. The predicted octanol–water partition coefficient (Wildman–Crippen LogP) is 2.91. The molecule has 21 heavy (non-hydrogen) atoms. The molecule has 0 heterocycles. The van der Waals surface area contributed by atoms with Crippen LogP contribution in [0.1, 0.15) is 15.9 Å². The zero-order chi connectivity index (χ0) is 15.4. The molecule has 1 amide bonds. The molecule has 7 heteroatoms. The molecule has 0 saturated carbocycles. The van der Waals surface area contributed by atoms with Crippen molar-refractivity contribution in [2.45, 2.75) is 6.61 Å². The Hall–Kier alpha value is -1.99. The van der Waals surface area contributed by atoms with Crippen molar-refractivity contribution in [3.8, 4) is 5.75 Å². The second-order valence-electron chi connectivity index (χ2n) is 4.14. The van der Waals surface area contributed by atoms with E-state index >= 15 is 0 Å². The molecule has 0 saturated heterocycles. The molecule has 0 radical (unpaired) electrons. The van der Waals surface area contributed by atoms with Crippen molar-refractivity contribution >= 4 is 21.8 Å². The maximum absolute atomic E-state index is 13.0. The minimum absolute atomic E-state index is 0.135. The molecule has 0 fully saturated rings. The van der Waals surface area contributed by atoms with E-state index in [4.69, 9.17) is 10.6 Å². The van der Waals surface area contributed by atoms with Gasteiger partial charge in [0.25, 0.3) is 5.91 Å². The number of amides is 1. The van der Waals surface area contributed by atoms with Crippen LogP contribution < -0.4 is 16.0 Å². The van der Waals surface area contributed by atoms with Crippen LogP contribution in [0.2, 0.25) is 0 Å². The number of ether oxygens (including phenoxy) is 1. The van der Waals surface area contributed by atoms with Gasteiger partial charge in [-0.05, 0) is 24.3 Å². The van der Waals surface area contributed by atoms with Gasteiger partial charge in [-0.2, -0.15) is 0 Å². The molecule has 0 aromatic heterocycles. The van der Waals surface area contributed by atoms with Crippen LogP contribution in [-0.4, -0.2) is 5.91 Å². The van der Waals surface area contributed by atoms with Crippen molar-refractivity contribution in [2.24, 2.45) is 5.84 Å². The fourth-order valence-electron chi connectivity index (χ4n) is 1.62. The summed E-state index contributed by atoms with van der Waals surface area (Å²) in [5.41, 5.74) is 3.16. The Bertz CT molecular complexity index is 680. The van der Waals surface area contributed by atoms with Gasteiger partial charge >= 0.3 is 0 Å². The molecule has 0 aliphatic rings. The Balaban J connectivity index is 2.09. The molecule has 4 nitrogen and oxygen atoms in total. The number of hydrazine groups is 1. The minimum atomic E-state index is -0.971. The first-order valence-electron chi connectivity index (χ1n) is 5.88. The van der Waals surface area contributed by atoms with Crippen LogP contribution in [0.15, 0.2) is 40.9 Å². The smallest absolute Gasteiger partial charge is 0.265 e. The molecule has 3 N–H and O–H groups in total. The molecular formula is C14H11BrF2N2O2. The summed E-state index contributed by atoms with van der Waals surface area (Å²) in [6.45, 7) is 0.135. The van der Waals surface area contributed by atoms with Crippen LogP contribution >= 0.6 is 15.9 Å². The number of carbonyl (C=O) groups is 1. The minimum Gasteiger partial charge on any atom is -0.489 e. The Morgan fingerprint density at radius 3 is 2.57 bits per heavy atom. The number of halogens is 3. The van der Waals surface area contributed by atoms with Crippen LogP contribution in [0.5, 0.6) is 5.75 Å². The quantitative estimate of drug-likeness (QED) is 0.503. The first-order valence-corrected chi connectivity index (χ1v) is 6.68. The van der Waals surface area contributed by atoms with Gasteiger partial charge in [0.1, 0.15) is 12.4 Å². The van der Waals surface area contributed by atoms with Gasteiger partial charge in [0.15, 0.2) is 11.6 Å². The second-order valence-corrected chi connectivity index (χ2v) is 5.00. The molecule has 2 aromatic carbocycles. The monoisotopic (exact) mass is 356 g/mol. The summed E-state index contributed by atoms with van der Waals surface area (Å²) in [6, 6.07) is 8.15. The summed E-state index contributed by atoms with van der Waals surface area (Å²) in [5.74, 6) is 2.95. The summed E-state index contributed by atoms with van der Waals surface area (Å²) < 4.78 is 31.9. The number of benzene rings is 2. The van der Waals surface area contributed by atoms with E-state index in [0.717, 1.165) is 17.7 Å². The topological polar surface area (TPSA) is 64.3 Å². The third-order valence-electron chi connectivity index (χ3n) is 2.73. The van der Waals surface area contributed by atoms with E-state index in [0.29, 0.717) is 10.0 Å². The number of nitrogen functional groups attached to an aromatic ring is 1. The van der Waals surface area contributed by atoms with Crippen molar-refractivity contribution in [1.82, 2.24) is 5.43 Å². The lowest BCUT2D eigenvalue weighted by Gasteiger charge is -2.09. The molecule has 0 atom stereocenters. The summed E-state index contributed by atoms with van der Waals surface area (Å²) in [5, 5.41) is 0. The van der Waals surface area contributed by atoms with E-state index in [1.165, 1.54) is 6.07 Å². The largest absolute Gasteiger partial charge is 0.489 e. The van der Waals surface area contributed by atoms with Crippen LogP contribution in [0.25, 0.3) is 0 Å². The molecule has 0 bridgehead atoms. The van der Waals surface area contributed by atoms with E-state index in [1.54, 1.807) is 18.2 Å². The molecule has 0 unspecified atom stereocenters. The van der Waals surface area contributed by atoms with E-state index in [1.807, 2.05) is 5.43 Å². The molecular weight excluding hydrogens is 346 g/mol. The molecule has 0 aliphatic heterocycles. The van der Waals surface area contributed by atoms with E-state index < -0.39 is 17.5 Å². The van der Waals surface area contributed by atoms with Crippen LogP contribution in [0.4, 0.5) is 8.78 Å². The van der Waals surface area contributed by atoms with Gasteiger partial charge < -0.3 is 4.74 Å². The Labute approximate surface area is 128 Å². The van der Waals surface area contributed by atoms with Crippen LogP contribution in [0.3, 0.4) is 0 Å². The van der Waals surface area contributed by atoms with Gasteiger partial charge in [0, 0.05) is 21.7 Å². The van der Waals surface area contributed by atoms with E-state index in [-0.39, 0.29) is 12.4 Å². The SMILES string of the molecule is NNC(=O)c1ccc(COc2ccc(F)c(F)c2)c(Br)c1. The third-order valence-corrected chi connectivity index (χ3v) is 3.47. The van der Waals surface area contributed by atoms with Gasteiger partial charge in [-0.25, -0.2) is 14.6 Å². The number of nitrogens with one attached hydrogen (secondary N) is 1. The van der Waals surface area contributed by atoms with E-state index in [9.17, 15) is 13.6 Å². The van der Waals surface area contributed by atoms with Gasteiger partial charge in [-0.1, -0.05) is 22.0 Å². The zero-order valence-electron chi connectivity index (χ0n) is 10.7. The molecule has 0 aliphatic carbocycles. The van der Waals surface area contributed by atoms with Crippen molar-refractivity contribution in [3.05, 3.63) is 63.6 Å². The summed E-state index contributed by atoms with van der Waals surface area (Å²) in [7, 11) is 0. The highest BCUT2D eigenvalue weighted by atomic mass is 79.9. The summed E-state index contributed by atoms with van der Waals surface area (Å²) in [6.07, 6.45) is 0. The van der Waals surface area contributed by atoms with Crippen molar-refractivity contribution < 1.29 is 18.3 Å². The highest BCUT2D eigenvalue weighted by Crippen LogP contribution is 2.22. The lowest BCUT2D eigenvalue weighted by molar-refractivity contribution is 0.0953. The summed E-state index contributed by atoms with van der Waals surface area (Å²) in [4.78, 5) is 11.4. The Kier molecular flexibility index (Phi) is 4.87. The first kappa shape index (κ1) is 15.4. The lowest BCUT2D eigenvalue weighted by Crippen LogP contribution is -2.29. The normalized spacial score (nSPS) is 10.3. The number of hydrogen-bond acceptors (Lipinski definition) is 3. The lowest BCUT2D eigenvalue weighted by atomic mass is 10.1.